The minimum absolute atomic E-state index is 0.284. The van der Waals surface area contributed by atoms with Gasteiger partial charge in [0.25, 0.3) is 0 Å². The van der Waals surface area contributed by atoms with Crippen molar-refractivity contribution in [1.29, 1.82) is 0 Å². The van der Waals surface area contributed by atoms with Crippen molar-refractivity contribution in [1.82, 2.24) is 15.0 Å². The Morgan fingerprint density at radius 1 is 1.24 bits per heavy atom. The van der Waals surface area contributed by atoms with Crippen molar-refractivity contribution >= 4 is 17.7 Å². The van der Waals surface area contributed by atoms with Gasteiger partial charge in [-0.3, -0.25) is 0 Å². The SMILES string of the molecule is CSc1nc(N)nc(Cc2cccc(C)c2)n1. The molecule has 2 aromatic rings. The largest absolute Gasteiger partial charge is 0.368 e. The van der Waals surface area contributed by atoms with Crippen molar-refractivity contribution in [3.05, 3.63) is 41.2 Å². The highest BCUT2D eigenvalue weighted by molar-refractivity contribution is 7.98. The van der Waals surface area contributed by atoms with Crippen LogP contribution in [0.2, 0.25) is 0 Å². The van der Waals surface area contributed by atoms with Gasteiger partial charge in [0.15, 0.2) is 5.16 Å². The molecule has 1 heterocycles. The van der Waals surface area contributed by atoms with E-state index in [1.54, 1.807) is 0 Å². The molecule has 0 bridgehead atoms. The molecule has 0 saturated heterocycles. The van der Waals surface area contributed by atoms with E-state index in [9.17, 15) is 0 Å². The lowest BCUT2D eigenvalue weighted by atomic mass is 10.1. The van der Waals surface area contributed by atoms with E-state index in [0.717, 1.165) is 0 Å². The first-order chi connectivity index (χ1) is 8.17. The third-order valence-corrected chi connectivity index (χ3v) is 2.85. The van der Waals surface area contributed by atoms with Crippen LogP contribution in [-0.2, 0) is 6.42 Å². The first kappa shape index (κ1) is 11.9. The van der Waals surface area contributed by atoms with Crippen molar-refractivity contribution in [3.8, 4) is 0 Å². The second kappa shape index (κ2) is 5.14. The average molecular weight is 246 g/mol. The fraction of sp³-hybridized carbons (Fsp3) is 0.250. The Labute approximate surface area is 105 Å². The highest BCUT2D eigenvalue weighted by Crippen LogP contribution is 2.13. The molecule has 0 unspecified atom stereocenters. The number of rotatable bonds is 3. The molecule has 5 heteroatoms. The molecule has 1 aromatic carbocycles. The molecule has 0 aliphatic rings. The van der Waals surface area contributed by atoms with Crippen LogP contribution in [0.4, 0.5) is 5.95 Å². The smallest absolute Gasteiger partial charge is 0.224 e. The van der Waals surface area contributed by atoms with Crippen molar-refractivity contribution < 1.29 is 0 Å². The van der Waals surface area contributed by atoms with Gasteiger partial charge in [-0.1, -0.05) is 41.6 Å². The Bertz CT molecular complexity index is 528. The molecule has 4 nitrogen and oxygen atoms in total. The van der Waals surface area contributed by atoms with E-state index in [-0.39, 0.29) is 5.95 Å². The van der Waals surface area contributed by atoms with Crippen LogP contribution in [0.1, 0.15) is 17.0 Å². The molecule has 1 aromatic heterocycles. The second-order valence-corrected chi connectivity index (χ2v) is 4.54. The number of nitrogens with two attached hydrogens (primary N) is 1. The number of nitrogens with zero attached hydrogens (tertiary/aromatic N) is 3. The minimum atomic E-state index is 0.284. The van der Waals surface area contributed by atoms with Crippen LogP contribution in [0.25, 0.3) is 0 Å². The molecule has 0 aliphatic carbocycles. The van der Waals surface area contributed by atoms with Crippen molar-refractivity contribution in [2.75, 3.05) is 12.0 Å². The van der Waals surface area contributed by atoms with E-state index in [1.807, 2.05) is 12.3 Å². The molecule has 0 amide bonds. The molecule has 2 rings (SSSR count). The number of anilines is 1. The fourth-order valence-corrected chi connectivity index (χ4v) is 1.97. The molecule has 88 valence electrons. The molecule has 0 saturated carbocycles. The average Bonchev–Trinajstić information content (AvgIpc) is 2.28. The Morgan fingerprint density at radius 3 is 2.76 bits per heavy atom. The van der Waals surface area contributed by atoms with Crippen LogP contribution in [-0.4, -0.2) is 21.2 Å². The number of hydrogen-bond acceptors (Lipinski definition) is 5. The van der Waals surface area contributed by atoms with E-state index < -0.39 is 0 Å². The van der Waals surface area contributed by atoms with E-state index in [2.05, 4.69) is 40.1 Å². The molecule has 0 aliphatic heterocycles. The van der Waals surface area contributed by atoms with Gasteiger partial charge in [0.2, 0.25) is 5.95 Å². The maximum Gasteiger partial charge on any atom is 0.224 e. The molecule has 0 radical (unpaired) electrons. The van der Waals surface area contributed by atoms with E-state index >= 15 is 0 Å². The van der Waals surface area contributed by atoms with Crippen molar-refractivity contribution in [2.45, 2.75) is 18.5 Å². The van der Waals surface area contributed by atoms with Crippen LogP contribution < -0.4 is 5.73 Å². The first-order valence-corrected chi connectivity index (χ1v) is 6.50. The maximum atomic E-state index is 5.64. The summed E-state index contributed by atoms with van der Waals surface area (Å²) in [4.78, 5) is 12.5. The van der Waals surface area contributed by atoms with Crippen molar-refractivity contribution in [3.63, 3.8) is 0 Å². The normalized spacial score (nSPS) is 10.5. The van der Waals surface area contributed by atoms with Gasteiger partial charge in [0, 0.05) is 6.42 Å². The lowest BCUT2D eigenvalue weighted by molar-refractivity contribution is 0.839. The lowest BCUT2D eigenvalue weighted by Crippen LogP contribution is -2.05. The van der Waals surface area contributed by atoms with Gasteiger partial charge in [-0.2, -0.15) is 9.97 Å². The summed E-state index contributed by atoms with van der Waals surface area (Å²) in [5.74, 6) is 0.999. The quantitative estimate of drug-likeness (QED) is 0.840. The molecule has 2 N–H and O–H groups in total. The summed E-state index contributed by atoms with van der Waals surface area (Å²) in [7, 11) is 0. The number of thioether (sulfide) groups is 1. The number of aromatic nitrogens is 3. The molecular weight excluding hydrogens is 232 g/mol. The van der Waals surface area contributed by atoms with Gasteiger partial charge in [0.1, 0.15) is 5.82 Å². The molecule has 0 spiro atoms. The van der Waals surface area contributed by atoms with Gasteiger partial charge in [0.05, 0.1) is 0 Å². The molecule has 17 heavy (non-hydrogen) atoms. The zero-order chi connectivity index (χ0) is 12.3. The van der Waals surface area contributed by atoms with Gasteiger partial charge < -0.3 is 5.73 Å². The monoisotopic (exact) mass is 246 g/mol. The predicted octanol–water partition coefficient (Wildman–Crippen LogP) is 2.07. The van der Waals surface area contributed by atoms with Crippen LogP contribution >= 0.6 is 11.8 Å². The molecule has 0 atom stereocenters. The van der Waals surface area contributed by atoms with E-state index in [1.165, 1.54) is 22.9 Å². The van der Waals surface area contributed by atoms with Crippen LogP contribution in [0.5, 0.6) is 0 Å². The summed E-state index contributed by atoms with van der Waals surface area (Å²) in [6.07, 6.45) is 2.60. The number of benzene rings is 1. The maximum absolute atomic E-state index is 5.64. The first-order valence-electron chi connectivity index (χ1n) is 5.27. The lowest BCUT2D eigenvalue weighted by Gasteiger charge is -2.04. The highest BCUT2D eigenvalue weighted by Gasteiger charge is 2.04. The predicted molar refractivity (Wildman–Crippen MR) is 70.0 cm³/mol. The molecular formula is C12H14N4S. The van der Waals surface area contributed by atoms with Gasteiger partial charge >= 0.3 is 0 Å². The zero-order valence-electron chi connectivity index (χ0n) is 9.84. The standard InChI is InChI=1S/C12H14N4S/c1-8-4-3-5-9(6-8)7-10-14-11(13)16-12(15-10)17-2/h3-6H,7H2,1-2H3,(H2,13,14,15,16). The minimum Gasteiger partial charge on any atom is -0.368 e. The number of aryl methyl sites for hydroxylation is 1. The summed E-state index contributed by atoms with van der Waals surface area (Å²) in [6.45, 7) is 2.07. The Kier molecular flexibility index (Phi) is 3.58. The summed E-state index contributed by atoms with van der Waals surface area (Å²) in [5.41, 5.74) is 8.06. The topological polar surface area (TPSA) is 64.7 Å². The van der Waals surface area contributed by atoms with E-state index in [4.69, 9.17) is 5.73 Å². The summed E-state index contributed by atoms with van der Waals surface area (Å²) in [5, 5.41) is 0.667. The number of nitrogen functional groups attached to an aromatic ring is 1. The van der Waals surface area contributed by atoms with Gasteiger partial charge in [-0.05, 0) is 18.7 Å². The second-order valence-electron chi connectivity index (χ2n) is 3.76. The van der Waals surface area contributed by atoms with Gasteiger partial charge in [-0.15, -0.1) is 0 Å². The summed E-state index contributed by atoms with van der Waals surface area (Å²) < 4.78 is 0. The summed E-state index contributed by atoms with van der Waals surface area (Å²) in [6, 6.07) is 8.29. The number of hydrogen-bond donors (Lipinski definition) is 1. The van der Waals surface area contributed by atoms with Crippen molar-refractivity contribution in [2.24, 2.45) is 0 Å². The zero-order valence-corrected chi connectivity index (χ0v) is 10.7. The van der Waals surface area contributed by atoms with Crippen LogP contribution in [0, 0.1) is 6.92 Å². The third-order valence-electron chi connectivity index (χ3n) is 2.31. The van der Waals surface area contributed by atoms with E-state index in [0.29, 0.717) is 17.4 Å². The molecule has 0 fully saturated rings. The van der Waals surface area contributed by atoms with Crippen LogP contribution in [0.3, 0.4) is 0 Å². The Morgan fingerprint density at radius 2 is 2.06 bits per heavy atom. The third kappa shape index (κ3) is 3.17. The summed E-state index contributed by atoms with van der Waals surface area (Å²) >= 11 is 1.47. The fourth-order valence-electron chi connectivity index (χ4n) is 1.59. The van der Waals surface area contributed by atoms with Gasteiger partial charge in [-0.25, -0.2) is 4.98 Å². The Balaban J connectivity index is 2.26. The Hall–Kier alpha value is -1.62. The van der Waals surface area contributed by atoms with Crippen LogP contribution in [0.15, 0.2) is 29.4 Å². The highest BCUT2D eigenvalue weighted by atomic mass is 32.2.